The number of nitrogens with one attached hydrogen (secondary N) is 1. The number of nitrogens with zero attached hydrogens (tertiary/aromatic N) is 5. The van der Waals surface area contributed by atoms with Gasteiger partial charge in [-0.1, -0.05) is 23.4 Å². The number of carbonyl (C=O) groups excluding carboxylic acids is 1. The molecule has 0 atom stereocenters. The van der Waals surface area contributed by atoms with Crippen molar-refractivity contribution >= 4 is 45.7 Å². The molecule has 2 aromatic heterocycles. The van der Waals surface area contributed by atoms with Crippen molar-refractivity contribution in [1.82, 2.24) is 24.6 Å². The van der Waals surface area contributed by atoms with Crippen LogP contribution >= 0.6 is 34.7 Å². The van der Waals surface area contributed by atoms with Gasteiger partial charge in [-0.3, -0.25) is 14.3 Å². The number of aromatic nitrogens is 4. The van der Waals surface area contributed by atoms with Crippen molar-refractivity contribution in [2.24, 2.45) is 0 Å². The minimum absolute atomic E-state index is 0.134. The average Bonchev–Trinajstić information content (AvgIpc) is 3.38. The number of carbonyl (C=O) groups is 1. The van der Waals surface area contributed by atoms with Crippen LogP contribution in [0.15, 0.2) is 41.0 Å². The molecule has 8 nitrogen and oxygen atoms in total. The monoisotopic (exact) mass is 450 g/mol. The van der Waals surface area contributed by atoms with Crippen LogP contribution in [0.2, 0.25) is 5.02 Å². The predicted molar refractivity (Wildman–Crippen MR) is 114 cm³/mol. The maximum atomic E-state index is 12.2. The minimum atomic E-state index is -0.134. The van der Waals surface area contributed by atoms with Gasteiger partial charge >= 0.3 is 0 Å². The molecule has 1 aliphatic heterocycles. The number of halogens is 1. The number of benzene rings is 1. The van der Waals surface area contributed by atoms with Crippen LogP contribution in [0.3, 0.4) is 0 Å². The van der Waals surface area contributed by atoms with E-state index in [1.807, 2.05) is 34.2 Å². The van der Waals surface area contributed by atoms with Crippen LogP contribution in [0.1, 0.15) is 5.82 Å². The lowest BCUT2D eigenvalue weighted by Crippen LogP contribution is -2.36. The smallest absolute Gasteiger partial charge is 0.236 e. The number of hydrogen-bond acceptors (Lipinski definition) is 8. The molecule has 0 radical (unpaired) electrons. The molecule has 0 bridgehead atoms. The van der Waals surface area contributed by atoms with E-state index < -0.39 is 0 Å². The second-order valence-electron chi connectivity index (χ2n) is 6.27. The predicted octanol–water partition coefficient (Wildman–Crippen LogP) is 2.94. The molecule has 0 spiro atoms. The number of amides is 1. The lowest BCUT2D eigenvalue weighted by molar-refractivity contribution is -0.113. The molecule has 3 heterocycles. The van der Waals surface area contributed by atoms with E-state index in [9.17, 15) is 4.79 Å². The van der Waals surface area contributed by atoms with Crippen LogP contribution < -0.4 is 5.32 Å². The Morgan fingerprint density at radius 2 is 2.03 bits per heavy atom. The maximum absolute atomic E-state index is 12.2. The first-order valence-corrected chi connectivity index (χ1v) is 11.3. The van der Waals surface area contributed by atoms with Crippen molar-refractivity contribution in [3.63, 3.8) is 0 Å². The van der Waals surface area contributed by atoms with Gasteiger partial charge in [0.05, 0.1) is 25.5 Å². The molecule has 152 valence electrons. The topological polar surface area (TPSA) is 85.2 Å². The molecule has 0 saturated carbocycles. The second kappa shape index (κ2) is 9.68. The van der Waals surface area contributed by atoms with Gasteiger partial charge in [-0.15, -0.1) is 21.5 Å². The van der Waals surface area contributed by atoms with Gasteiger partial charge in [-0.05, 0) is 24.3 Å². The summed E-state index contributed by atoms with van der Waals surface area (Å²) in [5.74, 6) is 0.894. The van der Waals surface area contributed by atoms with Crippen LogP contribution in [-0.4, -0.2) is 62.6 Å². The van der Waals surface area contributed by atoms with Crippen molar-refractivity contribution in [2.45, 2.75) is 11.7 Å². The highest BCUT2D eigenvalue weighted by molar-refractivity contribution is 7.99. The summed E-state index contributed by atoms with van der Waals surface area (Å²) in [5.41, 5.74) is 0.908. The highest BCUT2D eigenvalue weighted by Crippen LogP contribution is 2.24. The van der Waals surface area contributed by atoms with Gasteiger partial charge in [0.25, 0.3) is 0 Å². The molecule has 1 aromatic carbocycles. The van der Waals surface area contributed by atoms with E-state index in [0.717, 1.165) is 24.6 Å². The molecule has 29 heavy (non-hydrogen) atoms. The maximum Gasteiger partial charge on any atom is 0.236 e. The van der Waals surface area contributed by atoms with Crippen molar-refractivity contribution in [1.29, 1.82) is 0 Å². The van der Waals surface area contributed by atoms with Crippen molar-refractivity contribution < 1.29 is 9.53 Å². The summed E-state index contributed by atoms with van der Waals surface area (Å²) >= 11 is 8.77. The van der Waals surface area contributed by atoms with Gasteiger partial charge in [0.1, 0.15) is 0 Å². The van der Waals surface area contributed by atoms with Gasteiger partial charge in [0.15, 0.2) is 16.1 Å². The fraction of sp³-hybridized carbons (Fsp3) is 0.333. The Hall–Kier alpha value is -1.98. The number of thiazole rings is 1. The molecule has 1 saturated heterocycles. The Bertz CT molecular complexity index is 942. The molecule has 4 rings (SSSR count). The van der Waals surface area contributed by atoms with Gasteiger partial charge in [0, 0.05) is 35.4 Å². The van der Waals surface area contributed by atoms with Crippen LogP contribution in [-0.2, 0) is 16.1 Å². The molecule has 1 amide bonds. The molecular formula is C18H19ClN6O2S2. The lowest BCUT2D eigenvalue weighted by atomic mass is 10.3. The molecule has 0 unspecified atom stereocenters. The zero-order valence-electron chi connectivity index (χ0n) is 15.5. The summed E-state index contributed by atoms with van der Waals surface area (Å²) in [5, 5.41) is 15.2. The molecule has 0 aliphatic carbocycles. The quantitative estimate of drug-likeness (QED) is 0.554. The second-order valence-corrected chi connectivity index (χ2v) is 8.55. The van der Waals surface area contributed by atoms with E-state index in [1.54, 1.807) is 6.20 Å². The first-order chi connectivity index (χ1) is 14.2. The zero-order valence-corrected chi connectivity index (χ0v) is 17.8. The average molecular weight is 451 g/mol. The Morgan fingerprint density at radius 1 is 1.24 bits per heavy atom. The first-order valence-electron chi connectivity index (χ1n) is 9.01. The first kappa shape index (κ1) is 20.3. The van der Waals surface area contributed by atoms with E-state index in [4.69, 9.17) is 16.3 Å². The summed E-state index contributed by atoms with van der Waals surface area (Å²) in [7, 11) is 0. The molecule has 3 aromatic rings. The van der Waals surface area contributed by atoms with Crippen molar-refractivity contribution in [2.75, 3.05) is 37.4 Å². The van der Waals surface area contributed by atoms with Crippen LogP contribution in [0.4, 0.5) is 5.13 Å². The van der Waals surface area contributed by atoms with E-state index in [-0.39, 0.29) is 11.7 Å². The number of morpholine rings is 1. The van der Waals surface area contributed by atoms with Gasteiger partial charge in [-0.2, -0.15) is 0 Å². The minimum Gasteiger partial charge on any atom is -0.379 e. The molecule has 11 heteroatoms. The lowest BCUT2D eigenvalue weighted by Gasteiger charge is -2.26. The van der Waals surface area contributed by atoms with E-state index in [0.29, 0.717) is 35.1 Å². The Kier molecular flexibility index (Phi) is 6.78. The largest absolute Gasteiger partial charge is 0.379 e. The van der Waals surface area contributed by atoms with Crippen LogP contribution in [0.25, 0.3) is 5.69 Å². The normalized spacial score (nSPS) is 14.8. The molecular weight excluding hydrogens is 432 g/mol. The summed E-state index contributed by atoms with van der Waals surface area (Å²) in [6.45, 7) is 3.80. The van der Waals surface area contributed by atoms with E-state index in [2.05, 4.69) is 25.4 Å². The zero-order chi connectivity index (χ0) is 20.1. The third-order valence-corrected chi connectivity index (χ3v) is 6.13. The summed E-state index contributed by atoms with van der Waals surface area (Å²) in [6, 6.07) is 7.51. The van der Waals surface area contributed by atoms with Gasteiger partial charge in [-0.25, -0.2) is 4.98 Å². The number of hydrogen-bond donors (Lipinski definition) is 1. The van der Waals surface area contributed by atoms with E-state index in [1.165, 1.54) is 23.1 Å². The van der Waals surface area contributed by atoms with Crippen molar-refractivity contribution in [3.05, 3.63) is 46.7 Å². The Labute approximate surface area is 181 Å². The number of anilines is 1. The SMILES string of the molecule is O=C(CSc1nnc(CN2CCOCC2)n1-c1ccc(Cl)cc1)Nc1nccs1. The van der Waals surface area contributed by atoms with Gasteiger partial charge < -0.3 is 10.1 Å². The molecule has 1 N–H and O–H groups in total. The summed E-state index contributed by atoms with van der Waals surface area (Å²) < 4.78 is 7.41. The highest BCUT2D eigenvalue weighted by Gasteiger charge is 2.20. The third-order valence-electron chi connectivity index (χ3n) is 4.26. The fourth-order valence-corrected chi connectivity index (χ4v) is 4.32. The summed E-state index contributed by atoms with van der Waals surface area (Å²) in [4.78, 5) is 18.6. The number of rotatable bonds is 7. The van der Waals surface area contributed by atoms with E-state index >= 15 is 0 Å². The molecule has 1 fully saturated rings. The van der Waals surface area contributed by atoms with Crippen LogP contribution in [0, 0.1) is 0 Å². The number of ether oxygens (including phenoxy) is 1. The fourth-order valence-electron chi connectivity index (χ4n) is 2.88. The standard InChI is InChI=1S/C18H19ClN6O2S2/c19-13-1-3-14(4-2-13)25-15(11-24-6-8-27-9-7-24)22-23-18(25)29-12-16(26)21-17-20-5-10-28-17/h1-5,10H,6-9,11-12H2,(H,20,21,26). The Balaban J connectivity index is 1.52. The highest BCUT2D eigenvalue weighted by atomic mass is 35.5. The number of thioether (sulfide) groups is 1. The summed E-state index contributed by atoms with van der Waals surface area (Å²) in [6.07, 6.45) is 1.66. The third kappa shape index (κ3) is 5.34. The van der Waals surface area contributed by atoms with Crippen molar-refractivity contribution in [3.8, 4) is 5.69 Å². The molecule has 1 aliphatic rings. The van der Waals surface area contributed by atoms with Crippen LogP contribution in [0.5, 0.6) is 0 Å². The Morgan fingerprint density at radius 3 is 2.76 bits per heavy atom. The van der Waals surface area contributed by atoms with Gasteiger partial charge in [0.2, 0.25) is 5.91 Å².